The van der Waals surface area contributed by atoms with E-state index in [1.165, 1.54) is 0 Å². The molecule has 0 radical (unpaired) electrons. The number of aliphatic hydroxyl groups is 1. The number of carbonyl (C=O) groups excluding carboxylic acids is 1. The first kappa shape index (κ1) is 25.0. The molecule has 4 rings (SSSR count). The number of nitrogens with two attached hydrogens (primary N) is 1. The molecule has 34 heavy (non-hydrogen) atoms. The van der Waals surface area contributed by atoms with Gasteiger partial charge in [0.25, 0.3) is 0 Å². The van der Waals surface area contributed by atoms with Crippen LogP contribution >= 0.6 is 16.1 Å². The highest BCUT2D eigenvalue weighted by Crippen LogP contribution is 2.41. The summed E-state index contributed by atoms with van der Waals surface area (Å²) in [6, 6.07) is 7.40. The lowest BCUT2D eigenvalue weighted by Gasteiger charge is -2.46. The number of hydrogen-bond donors (Lipinski definition) is 4. The van der Waals surface area contributed by atoms with Crippen LogP contribution in [0.15, 0.2) is 48.2 Å². The molecule has 0 spiro atoms. The fourth-order valence-electron chi connectivity index (χ4n) is 5.35. The second-order valence-electron chi connectivity index (χ2n) is 9.41. The topological polar surface area (TPSA) is 109 Å². The summed E-state index contributed by atoms with van der Waals surface area (Å²) >= 11 is 3.32. The average molecular weight is 535 g/mol. The van der Waals surface area contributed by atoms with E-state index >= 15 is 0 Å². The zero-order valence-electron chi connectivity index (χ0n) is 19.6. The summed E-state index contributed by atoms with van der Waals surface area (Å²) in [5.74, 6) is 1.10. The Bertz CT molecular complexity index is 918. The number of hydrogen-bond acceptors (Lipinski definition) is 7. The summed E-state index contributed by atoms with van der Waals surface area (Å²) < 4.78 is 14.7. The number of nitrogens with one attached hydrogen (secondary N) is 2. The van der Waals surface area contributed by atoms with Crippen molar-refractivity contribution in [2.24, 2.45) is 11.1 Å². The molecular weight excluding hydrogens is 500 g/mol. The van der Waals surface area contributed by atoms with Crippen molar-refractivity contribution in [1.29, 1.82) is 0 Å². The Morgan fingerprint density at radius 3 is 2.74 bits per heavy atom. The van der Waals surface area contributed by atoms with Crippen molar-refractivity contribution in [3.05, 3.63) is 48.2 Å². The van der Waals surface area contributed by atoms with Crippen LogP contribution in [-0.4, -0.2) is 66.4 Å². The summed E-state index contributed by atoms with van der Waals surface area (Å²) in [7, 11) is 0. The van der Waals surface area contributed by atoms with Crippen molar-refractivity contribution in [2.45, 2.75) is 56.9 Å². The van der Waals surface area contributed by atoms with Crippen LogP contribution in [0.1, 0.15) is 32.6 Å². The number of benzene rings is 1. The van der Waals surface area contributed by atoms with Crippen LogP contribution in [0.4, 0.5) is 0 Å². The molecule has 1 aromatic rings. The Balaban J connectivity index is 1.30. The van der Waals surface area contributed by atoms with Gasteiger partial charge in [0.15, 0.2) is 17.6 Å². The third-order valence-electron chi connectivity index (χ3n) is 7.31. The van der Waals surface area contributed by atoms with Gasteiger partial charge in [0.05, 0.1) is 6.04 Å². The van der Waals surface area contributed by atoms with E-state index < -0.39 is 12.2 Å². The normalized spacial score (nSPS) is 27.0. The molecule has 4 unspecified atom stereocenters. The van der Waals surface area contributed by atoms with Gasteiger partial charge in [-0.15, -0.1) is 0 Å². The van der Waals surface area contributed by atoms with Gasteiger partial charge in [-0.2, -0.15) is 0 Å². The molecule has 5 N–H and O–H groups in total. The molecular formula is C25H35BrN4O4. The van der Waals surface area contributed by atoms with E-state index in [2.05, 4.69) is 43.7 Å². The standard InChI is InChI=1S/C25H35BrN4O4/c1-2-25(11-5-6-18(14-25)29-26)23(24(27)32)30-12-9-17(10-13-30)28-15-19(31)22-16-33-20-7-3-4-8-21(20)34-22/h3-8,11,17,19,22-23,28-29,31H,2,9-10,12-16H2,1H3,(H2,27,32). The quantitative estimate of drug-likeness (QED) is 0.359. The number of likely N-dealkylation sites (tertiary alicyclic amines) is 1. The molecule has 1 aliphatic carbocycles. The van der Waals surface area contributed by atoms with Crippen molar-refractivity contribution in [1.82, 2.24) is 14.6 Å². The van der Waals surface area contributed by atoms with Gasteiger partial charge in [-0.1, -0.05) is 31.2 Å². The molecule has 9 heteroatoms. The number of nitrogens with zero attached hydrogens (tertiary/aromatic N) is 1. The molecule has 186 valence electrons. The highest BCUT2D eigenvalue weighted by molar-refractivity contribution is 9.08. The molecule has 2 aliphatic heterocycles. The number of allylic oxidation sites excluding steroid dienone is 3. The molecule has 1 fully saturated rings. The van der Waals surface area contributed by atoms with Gasteiger partial charge in [-0.05, 0) is 43.9 Å². The molecule has 1 saturated heterocycles. The summed E-state index contributed by atoms with van der Waals surface area (Å²) in [5.41, 5.74) is 6.66. The van der Waals surface area contributed by atoms with Gasteiger partial charge in [0.2, 0.25) is 5.91 Å². The van der Waals surface area contributed by atoms with E-state index in [0.29, 0.717) is 24.7 Å². The first-order chi connectivity index (χ1) is 16.5. The van der Waals surface area contributed by atoms with Crippen LogP contribution in [-0.2, 0) is 4.79 Å². The molecule has 4 atom stereocenters. The summed E-state index contributed by atoms with van der Waals surface area (Å²) in [5, 5.41) is 14.1. The lowest BCUT2D eigenvalue weighted by molar-refractivity contribution is -0.128. The molecule has 1 aromatic carbocycles. The first-order valence-electron chi connectivity index (χ1n) is 12.0. The number of amides is 1. The Morgan fingerprint density at radius 1 is 1.32 bits per heavy atom. The Hall–Kier alpha value is -2.07. The van der Waals surface area contributed by atoms with E-state index in [9.17, 15) is 9.90 Å². The molecule has 0 bridgehead atoms. The number of ether oxygens (including phenoxy) is 2. The number of halogens is 1. The van der Waals surface area contributed by atoms with Crippen molar-refractivity contribution in [2.75, 3.05) is 26.2 Å². The number of carbonyl (C=O) groups is 1. The van der Waals surface area contributed by atoms with E-state index in [-0.39, 0.29) is 23.4 Å². The predicted molar refractivity (Wildman–Crippen MR) is 135 cm³/mol. The van der Waals surface area contributed by atoms with Gasteiger partial charge >= 0.3 is 0 Å². The second-order valence-corrected chi connectivity index (χ2v) is 9.81. The van der Waals surface area contributed by atoms with E-state index in [1.54, 1.807) is 0 Å². The zero-order valence-corrected chi connectivity index (χ0v) is 21.2. The minimum absolute atomic E-state index is 0.260. The summed E-state index contributed by atoms with van der Waals surface area (Å²) in [6.07, 6.45) is 8.39. The van der Waals surface area contributed by atoms with Crippen LogP contribution in [0.25, 0.3) is 0 Å². The van der Waals surface area contributed by atoms with Crippen molar-refractivity contribution < 1.29 is 19.4 Å². The number of aliphatic hydroxyl groups excluding tert-OH is 1. The zero-order chi connectivity index (χ0) is 24.1. The van der Waals surface area contributed by atoms with Crippen LogP contribution in [0.2, 0.25) is 0 Å². The smallest absolute Gasteiger partial charge is 0.235 e. The Kier molecular flexibility index (Phi) is 8.18. The number of piperidine rings is 1. The molecule has 0 saturated carbocycles. The third-order valence-corrected chi connectivity index (χ3v) is 7.82. The van der Waals surface area contributed by atoms with Gasteiger partial charge in [0, 0.05) is 52.9 Å². The lowest BCUT2D eigenvalue weighted by Crippen LogP contribution is -2.58. The van der Waals surface area contributed by atoms with E-state index in [0.717, 1.165) is 44.5 Å². The maximum absolute atomic E-state index is 12.6. The first-order valence-corrected chi connectivity index (χ1v) is 12.8. The van der Waals surface area contributed by atoms with Crippen LogP contribution < -0.4 is 24.9 Å². The maximum atomic E-state index is 12.6. The fraction of sp³-hybridized carbons (Fsp3) is 0.560. The highest BCUT2D eigenvalue weighted by atomic mass is 79.9. The number of rotatable bonds is 9. The lowest BCUT2D eigenvalue weighted by atomic mass is 9.70. The van der Waals surface area contributed by atoms with Gasteiger partial charge in [0.1, 0.15) is 12.7 Å². The Morgan fingerprint density at radius 2 is 2.06 bits per heavy atom. The van der Waals surface area contributed by atoms with Crippen molar-refractivity contribution in [3.8, 4) is 11.5 Å². The van der Waals surface area contributed by atoms with Crippen molar-refractivity contribution >= 4 is 22.1 Å². The summed E-state index contributed by atoms with van der Waals surface area (Å²) in [6.45, 7) is 4.41. The predicted octanol–water partition coefficient (Wildman–Crippen LogP) is 2.23. The number of fused-ring (bicyclic) bond motifs is 1. The molecule has 3 aliphatic rings. The van der Waals surface area contributed by atoms with Crippen LogP contribution in [0.3, 0.4) is 0 Å². The van der Waals surface area contributed by atoms with Crippen molar-refractivity contribution in [3.63, 3.8) is 0 Å². The Labute approximate surface area is 209 Å². The fourth-order valence-corrected chi connectivity index (χ4v) is 5.62. The summed E-state index contributed by atoms with van der Waals surface area (Å²) in [4.78, 5) is 14.9. The number of primary amides is 1. The van der Waals surface area contributed by atoms with Gasteiger partial charge < -0.3 is 30.0 Å². The second kappa shape index (κ2) is 11.1. The molecule has 8 nitrogen and oxygen atoms in total. The third kappa shape index (κ3) is 5.43. The molecule has 1 amide bonds. The van der Waals surface area contributed by atoms with E-state index in [4.69, 9.17) is 15.2 Å². The largest absolute Gasteiger partial charge is 0.486 e. The number of para-hydroxylation sites is 2. The SMILES string of the molecule is CCC1(C(C(N)=O)N2CCC(NCC(O)C3COc4ccccc4O3)CC2)C=CC=C(NBr)C1. The molecule has 2 heterocycles. The molecule has 0 aromatic heterocycles. The minimum Gasteiger partial charge on any atom is -0.486 e. The van der Waals surface area contributed by atoms with Gasteiger partial charge in [-0.3, -0.25) is 9.69 Å². The van der Waals surface area contributed by atoms with E-state index in [1.807, 2.05) is 36.4 Å². The average Bonchev–Trinajstić information content (AvgIpc) is 2.87. The van der Waals surface area contributed by atoms with Crippen LogP contribution in [0.5, 0.6) is 11.5 Å². The maximum Gasteiger partial charge on any atom is 0.235 e. The minimum atomic E-state index is -0.678. The van der Waals surface area contributed by atoms with Gasteiger partial charge in [-0.25, -0.2) is 0 Å². The monoisotopic (exact) mass is 534 g/mol. The van der Waals surface area contributed by atoms with Crippen LogP contribution in [0, 0.1) is 5.41 Å². The highest BCUT2D eigenvalue weighted by Gasteiger charge is 2.44.